The third-order valence-electron chi connectivity index (χ3n) is 2.40. The number of hydrogen-bond acceptors (Lipinski definition) is 3. The molecule has 0 aliphatic rings. The summed E-state index contributed by atoms with van der Waals surface area (Å²) < 4.78 is 11.4. The zero-order valence-corrected chi connectivity index (χ0v) is 12.3. The number of hydrogen-bond donors (Lipinski definition) is 1. The van der Waals surface area contributed by atoms with Gasteiger partial charge in [0.15, 0.2) is 6.29 Å². The molecule has 0 aromatic rings. The van der Waals surface area contributed by atoms with E-state index in [0.29, 0.717) is 12.0 Å². The summed E-state index contributed by atoms with van der Waals surface area (Å²) in [5.41, 5.74) is 1.05. The summed E-state index contributed by atoms with van der Waals surface area (Å²) in [6.45, 7) is 11.3. The van der Waals surface area contributed by atoms with E-state index in [1.165, 1.54) is 0 Å². The Hall–Kier alpha value is -0.870. The van der Waals surface area contributed by atoms with E-state index in [2.05, 4.69) is 0 Å². The monoisotopic (exact) mass is 258 g/mol. The quantitative estimate of drug-likeness (QED) is 0.535. The Morgan fingerprint density at radius 1 is 1.11 bits per heavy atom. The van der Waals surface area contributed by atoms with E-state index in [9.17, 15) is 4.79 Å². The minimum atomic E-state index is -0.914. The maximum absolute atomic E-state index is 11.1. The van der Waals surface area contributed by atoms with Crippen molar-refractivity contribution >= 4 is 5.97 Å². The first-order valence-electron chi connectivity index (χ1n) is 6.53. The topological polar surface area (TPSA) is 55.8 Å². The van der Waals surface area contributed by atoms with Crippen LogP contribution in [-0.4, -0.2) is 29.6 Å². The van der Waals surface area contributed by atoms with Gasteiger partial charge in [-0.3, -0.25) is 0 Å². The summed E-state index contributed by atoms with van der Waals surface area (Å²) in [7, 11) is 0. The van der Waals surface area contributed by atoms with Gasteiger partial charge in [-0.1, -0.05) is 13.3 Å². The van der Waals surface area contributed by atoms with Gasteiger partial charge in [-0.2, -0.15) is 0 Å². The highest BCUT2D eigenvalue weighted by Gasteiger charge is 2.22. The van der Waals surface area contributed by atoms with E-state index in [1.807, 2.05) is 34.6 Å². The van der Waals surface area contributed by atoms with Gasteiger partial charge in [-0.05, 0) is 46.6 Å². The van der Waals surface area contributed by atoms with E-state index in [1.54, 1.807) is 6.92 Å². The highest BCUT2D eigenvalue weighted by molar-refractivity contribution is 5.86. The molecule has 0 unspecified atom stereocenters. The van der Waals surface area contributed by atoms with E-state index in [4.69, 9.17) is 14.6 Å². The van der Waals surface area contributed by atoms with Crippen molar-refractivity contribution in [3.63, 3.8) is 0 Å². The van der Waals surface area contributed by atoms with Gasteiger partial charge in [0, 0.05) is 5.57 Å². The lowest BCUT2D eigenvalue weighted by Gasteiger charge is -2.26. The third-order valence-corrected chi connectivity index (χ3v) is 2.40. The Bertz CT molecular complexity index is 282. The predicted molar refractivity (Wildman–Crippen MR) is 71.5 cm³/mol. The molecule has 0 amide bonds. The number of ether oxygens (including phenoxy) is 2. The van der Waals surface area contributed by atoms with Crippen molar-refractivity contribution in [2.45, 2.75) is 72.9 Å². The highest BCUT2D eigenvalue weighted by atomic mass is 16.7. The summed E-state index contributed by atoms with van der Waals surface area (Å²) in [4.78, 5) is 11.1. The van der Waals surface area contributed by atoms with Crippen LogP contribution in [0.4, 0.5) is 0 Å². The average molecular weight is 258 g/mol. The minimum absolute atomic E-state index is 0.0119. The Kier molecular flexibility index (Phi) is 7.87. The van der Waals surface area contributed by atoms with Crippen LogP contribution in [-0.2, 0) is 14.3 Å². The predicted octanol–water partition coefficient (Wildman–Crippen LogP) is 3.36. The molecule has 0 aromatic carbocycles. The lowest BCUT2D eigenvalue weighted by molar-refractivity contribution is -0.161. The number of carbonyl (C=O) groups is 1. The number of carboxylic acid groups (broad SMARTS) is 1. The van der Waals surface area contributed by atoms with Gasteiger partial charge >= 0.3 is 5.97 Å². The maximum Gasteiger partial charge on any atom is 0.331 e. The van der Waals surface area contributed by atoms with Crippen LogP contribution in [0.5, 0.6) is 0 Å². The van der Waals surface area contributed by atoms with Crippen LogP contribution >= 0.6 is 0 Å². The molecule has 106 valence electrons. The van der Waals surface area contributed by atoms with Gasteiger partial charge in [0.05, 0.1) is 12.2 Å². The minimum Gasteiger partial charge on any atom is -0.478 e. The Labute approximate surface area is 110 Å². The fourth-order valence-electron chi connectivity index (χ4n) is 1.58. The van der Waals surface area contributed by atoms with Gasteiger partial charge in [-0.15, -0.1) is 0 Å². The standard InChI is InChI=1S/C14H26O4/c1-7-8-12(11(6)13(15)16)14(17-9(2)3)18-10(4)5/h9-10,14H,7-8H2,1-6H3,(H,15,16). The molecule has 0 bridgehead atoms. The summed E-state index contributed by atoms with van der Waals surface area (Å²) in [6, 6.07) is 0. The van der Waals surface area contributed by atoms with E-state index >= 15 is 0 Å². The fraction of sp³-hybridized carbons (Fsp3) is 0.786. The molecule has 0 saturated heterocycles. The fourth-order valence-corrected chi connectivity index (χ4v) is 1.58. The molecule has 0 aliphatic carbocycles. The van der Waals surface area contributed by atoms with Crippen LogP contribution in [0, 0.1) is 0 Å². The molecule has 0 heterocycles. The Morgan fingerprint density at radius 2 is 1.56 bits per heavy atom. The van der Waals surface area contributed by atoms with Crippen molar-refractivity contribution in [3.8, 4) is 0 Å². The largest absolute Gasteiger partial charge is 0.478 e. The van der Waals surface area contributed by atoms with Gasteiger partial charge in [0.2, 0.25) is 0 Å². The first-order valence-corrected chi connectivity index (χ1v) is 6.53. The zero-order valence-electron chi connectivity index (χ0n) is 12.3. The molecule has 4 nitrogen and oxygen atoms in total. The van der Waals surface area contributed by atoms with Crippen LogP contribution in [0.25, 0.3) is 0 Å². The van der Waals surface area contributed by atoms with Crippen molar-refractivity contribution in [2.75, 3.05) is 0 Å². The molecule has 4 heteroatoms. The summed E-state index contributed by atoms with van der Waals surface area (Å²) in [6.07, 6.45) is 0.937. The van der Waals surface area contributed by atoms with Gasteiger partial charge in [-0.25, -0.2) is 4.79 Å². The molecule has 0 aromatic heterocycles. The second-order valence-electron chi connectivity index (χ2n) is 4.91. The summed E-state index contributed by atoms with van der Waals surface area (Å²) >= 11 is 0. The lowest BCUT2D eigenvalue weighted by Crippen LogP contribution is -2.28. The van der Waals surface area contributed by atoms with E-state index in [0.717, 1.165) is 12.0 Å². The molecule has 0 rings (SSSR count). The Balaban J connectivity index is 5.20. The molecular weight excluding hydrogens is 232 g/mol. The van der Waals surface area contributed by atoms with Gasteiger partial charge < -0.3 is 14.6 Å². The van der Waals surface area contributed by atoms with Gasteiger partial charge in [0.1, 0.15) is 0 Å². The molecule has 18 heavy (non-hydrogen) atoms. The first kappa shape index (κ1) is 17.1. The molecule has 0 atom stereocenters. The molecule has 0 aliphatic heterocycles. The highest BCUT2D eigenvalue weighted by Crippen LogP contribution is 2.22. The molecule has 0 radical (unpaired) electrons. The van der Waals surface area contributed by atoms with Crippen LogP contribution < -0.4 is 0 Å². The molecule has 1 N–H and O–H groups in total. The van der Waals surface area contributed by atoms with Crippen LogP contribution in [0.15, 0.2) is 11.1 Å². The van der Waals surface area contributed by atoms with Crippen molar-refractivity contribution in [2.24, 2.45) is 0 Å². The molecule has 0 saturated carbocycles. The first-order chi connectivity index (χ1) is 8.29. The summed E-state index contributed by atoms with van der Waals surface area (Å²) in [5, 5.41) is 9.13. The third kappa shape index (κ3) is 6.17. The van der Waals surface area contributed by atoms with E-state index < -0.39 is 12.3 Å². The van der Waals surface area contributed by atoms with Crippen molar-refractivity contribution in [3.05, 3.63) is 11.1 Å². The van der Waals surface area contributed by atoms with E-state index in [-0.39, 0.29) is 12.2 Å². The van der Waals surface area contributed by atoms with Crippen molar-refractivity contribution in [1.29, 1.82) is 0 Å². The van der Waals surface area contributed by atoms with Crippen molar-refractivity contribution in [1.82, 2.24) is 0 Å². The van der Waals surface area contributed by atoms with Crippen LogP contribution in [0.2, 0.25) is 0 Å². The smallest absolute Gasteiger partial charge is 0.331 e. The van der Waals surface area contributed by atoms with Crippen molar-refractivity contribution < 1.29 is 19.4 Å². The Morgan fingerprint density at radius 3 is 1.83 bits per heavy atom. The second-order valence-corrected chi connectivity index (χ2v) is 4.91. The SMILES string of the molecule is CCCC(=C(C)C(=O)O)C(OC(C)C)OC(C)C. The van der Waals surface area contributed by atoms with Crippen LogP contribution in [0.1, 0.15) is 54.4 Å². The molecule has 0 spiro atoms. The van der Waals surface area contributed by atoms with Gasteiger partial charge in [0.25, 0.3) is 0 Å². The number of aliphatic carboxylic acids is 1. The zero-order chi connectivity index (χ0) is 14.3. The molecule has 0 fully saturated rings. The second kappa shape index (κ2) is 8.27. The lowest BCUT2D eigenvalue weighted by atomic mass is 10.0. The number of rotatable bonds is 8. The summed E-state index contributed by atoms with van der Waals surface area (Å²) in [5.74, 6) is -0.914. The average Bonchev–Trinajstić information content (AvgIpc) is 2.22. The molecular formula is C14H26O4. The maximum atomic E-state index is 11.1. The normalized spacial score (nSPS) is 13.4. The van der Waals surface area contributed by atoms with Crippen LogP contribution in [0.3, 0.4) is 0 Å². The number of carboxylic acids is 1.